The Morgan fingerprint density at radius 3 is 2.50 bits per heavy atom. The highest BCUT2D eigenvalue weighted by Crippen LogP contribution is 2.23. The molecule has 3 rings (SSSR count). The topological polar surface area (TPSA) is 97.3 Å². The summed E-state index contributed by atoms with van der Waals surface area (Å²) in [5, 5.41) is 0.914. The predicted octanol–water partition coefficient (Wildman–Crippen LogP) is 2.10. The van der Waals surface area contributed by atoms with Crippen LogP contribution >= 0.6 is 0 Å². The van der Waals surface area contributed by atoms with Gasteiger partial charge in [-0.1, -0.05) is 48.5 Å². The summed E-state index contributed by atoms with van der Waals surface area (Å²) in [6.07, 6.45) is 1.74. The van der Waals surface area contributed by atoms with Gasteiger partial charge < -0.3 is 16.5 Å². The lowest BCUT2D eigenvalue weighted by Gasteiger charge is -2.07. The molecule has 3 aromatic rings. The summed E-state index contributed by atoms with van der Waals surface area (Å²) in [6.45, 7) is 0. The molecular weight excluding hydrogens is 276 g/mol. The second-order valence-corrected chi connectivity index (χ2v) is 4.97. The zero-order valence-corrected chi connectivity index (χ0v) is 11.9. The Kier molecular flexibility index (Phi) is 3.72. The highest BCUT2D eigenvalue weighted by Gasteiger charge is 2.19. The standard InChI is InChI=1S/C17H16N4O/c18-15(13-10-20-14-9-5-4-8-12(13)14)17(22)21-16(19)11-6-2-1-3-7-11/h1-10,15,20H,18H2,(H2,19,21,22). The minimum atomic E-state index is -0.849. The van der Waals surface area contributed by atoms with E-state index < -0.39 is 11.9 Å². The van der Waals surface area contributed by atoms with E-state index in [1.54, 1.807) is 18.3 Å². The summed E-state index contributed by atoms with van der Waals surface area (Å²) in [7, 11) is 0. The number of hydrogen-bond donors (Lipinski definition) is 3. The molecule has 5 N–H and O–H groups in total. The number of nitrogens with one attached hydrogen (secondary N) is 1. The summed E-state index contributed by atoms with van der Waals surface area (Å²) < 4.78 is 0. The first-order valence-electron chi connectivity index (χ1n) is 6.92. The van der Waals surface area contributed by atoms with Crippen LogP contribution in [0, 0.1) is 0 Å². The van der Waals surface area contributed by atoms with E-state index >= 15 is 0 Å². The van der Waals surface area contributed by atoms with Gasteiger partial charge in [-0.15, -0.1) is 0 Å². The smallest absolute Gasteiger partial charge is 0.269 e. The molecule has 110 valence electrons. The van der Waals surface area contributed by atoms with E-state index in [1.807, 2.05) is 42.5 Å². The van der Waals surface area contributed by atoms with Crippen molar-refractivity contribution in [2.75, 3.05) is 0 Å². The predicted molar refractivity (Wildman–Crippen MR) is 87.4 cm³/mol. The van der Waals surface area contributed by atoms with Crippen molar-refractivity contribution in [3.05, 3.63) is 71.9 Å². The largest absolute Gasteiger partial charge is 0.383 e. The lowest BCUT2D eigenvalue weighted by molar-refractivity contribution is -0.119. The second kappa shape index (κ2) is 5.83. The monoisotopic (exact) mass is 292 g/mol. The van der Waals surface area contributed by atoms with E-state index in [4.69, 9.17) is 11.5 Å². The van der Waals surface area contributed by atoms with Gasteiger partial charge in [-0.2, -0.15) is 4.99 Å². The number of hydrogen-bond acceptors (Lipinski definition) is 2. The van der Waals surface area contributed by atoms with Crippen LogP contribution in [-0.2, 0) is 4.79 Å². The number of aliphatic imine (C=N–C) groups is 1. The number of rotatable bonds is 3. The fourth-order valence-corrected chi connectivity index (χ4v) is 2.35. The molecule has 0 saturated carbocycles. The Hall–Kier alpha value is -2.92. The molecule has 1 aromatic heterocycles. The van der Waals surface area contributed by atoms with Crippen molar-refractivity contribution in [2.45, 2.75) is 6.04 Å². The fraction of sp³-hybridized carbons (Fsp3) is 0.0588. The number of aromatic nitrogens is 1. The van der Waals surface area contributed by atoms with Gasteiger partial charge in [0.2, 0.25) is 0 Å². The van der Waals surface area contributed by atoms with Crippen LogP contribution in [0.1, 0.15) is 17.2 Å². The molecule has 5 heteroatoms. The number of carbonyl (C=O) groups excluding carboxylic acids is 1. The van der Waals surface area contributed by atoms with Crippen LogP contribution in [-0.4, -0.2) is 16.7 Å². The van der Waals surface area contributed by atoms with Crippen LogP contribution in [0.15, 0.2) is 65.8 Å². The number of H-pyrrole nitrogens is 1. The van der Waals surface area contributed by atoms with E-state index in [0.717, 1.165) is 10.9 Å². The van der Waals surface area contributed by atoms with Gasteiger partial charge >= 0.3 is 0 Å². The van der Waals surface area contributed by atoms with Crippen molar-refractivity contribution < 1.29 is 4.79 Å². The van der Waals surface area contributed by atoms with Gasteiger partial charge in [0.1, 0.15) is 11.9 Å². The molecule has 22 heavy (non-hydrogen) atoms. The summed E-state index contributed by atoms with van der Waals surface area (Å²) in [5.41, 5.74) is 14.2. The van der Waals surface area contributed by atoms with Crippen LogP contribution in [0.5, 0.6) is 0 Å². The SMILES string of the molecule is NC(=NC(=O)C(N)c1c[nH]c2ccccc12)c1ccccc1. The van der Waals surface area contributed by atoms with E-state index in [1.165, 1.54) is 0 Å². The number of aromatic amines is 1. The number of amides is 1. The van der Waals surface area contributed by atoms with Crippen LogP contribution in [0.25, 0.3) is 10.9 Å². The molecule has 0 aliphatic rings. The van der Waals surface area contributed by atoms with E-state index in [-0.39, 0.29) is 5.84 Å². The minimum absolute atomic E-state index is 0.167. The first-order valence-corrected chi connectivity index (χ1v) is 6.92. The van der Waals surface area contributed by atoms with Crippen LogP contribution in [0.4, 0.5) is 0 Å². The van der Waals surface area contributed by atoms with Gasteiger partial charge in [0, 0.05) is 28.2 Å². The zero-order valence-electron chi connectivity index (χ0n) is 11.9. The Balaban J connectivity index is 1.89. The van der Waals surface area contributed by atoms with E-state index in [2.05, 4.69) is 9.98 Å². The van der Waals surface area contributed by atoms with Crippen molar-refractivity contribution in [3.8, 4) is 0 Å². The Labute approximate surface area is 127 Å². The summed E-state index contributed by atoms with van der Waals surface area (Å²) >= 11 is 0. The lowest BCUT2D eigenvalue weighted by atomic mass is 10.1. The lowest BCUT2D eigenvalue weighted by Crippen LogP contribution is -2.23. The van der Waals surface area contributed by atoms with Crippen molar-refractivity contribution in [3.63, 3.8) is 0 Å². The fourth-order valence-electron chi connectivity index (χ4n) is 2.35. The number of amidine groups is 1. The zero-order chi connectivity index (χ0) is 15.5. The van der Waals surface area contributed by atoms with Crippen LogP contribution in [0.2, 0.25) is 0 Å². The third kappa shape index (κ3) is 2.62. The molecule has 0 aliphatic heterocycles. The quantitative estimate of drug-likeness (QED) is 0.509. The molecule has 1 amide bonds. The van der Waals surface area contributed by atoms with Crippen molar-refractivity contribution in [1.29, 1.82) is 0 Å². The van der Waals surface area contributed by atoms with Gasteiger partial charge in [-0.25, -0.2) is 0 Å². The molecule has 2 aromatic carbocycles. The average molecular weight is 292 g/mol. The summed E-state index contributed by atoms with van der Waals surface area (Å²) in [6, 6.07) is 15.9. The highest BCUT2D eigenvalue weighted by atomic mass is 16.1. The number of para-hydroxylation sites is 1. The molecule has 1 unspecified atom stereocenters. The molecule has 5 nitrogen and oxygen atoms in total. The maximum atomic E-state index is 12.3. The Morgan fingerprint density at radius 2 is 1.73 bits per heavy atom. The normalized spacial score (nSPS) is 13.2. The first kappa shape index (κ1) is 14.0. The number of carbonyl (C=O) groups is 1. The maximum absolute atomic E-state index is 12.3. The number of fused-ring (bicyclic) bond motifs is 1. The van der Waals surface area contributed by atoms with Gasteiger partial charge in [-0.3, -0.25) is 4.79 Å². The third-order valence-electron chi connectivity index (χ3n) is 3.52. The second-order valence-electron chi connectivity index (χ2n) is 4.97. The van der Waals surface area contributed by atoms with Crippen LogP contribution < -0.4 is 11.5 Å². The highest BCUT2D eigenvalue weighted by molar-refractivity contribution is 6.05. The van der Waals surface area contributed by atoms with Gasteiger partial charge in [0.25, 0.3) is 5.91 Å². The molecule has 0 aliphatic carbocycles. The molecule has 1 atom stereocenters. The number of nitrogens with two attached hydrogens (primary N) is 2. The van der Waals surface area contributed by atoms with E-state index in [0.29, 0.717) is 11.1 Å². The molecule has 0 spiro atoms. The van der Waals surface area contributed by atoms with Gasteiger partial charge in [-0.05, 0) is 6.07 Å². The Morgan fingerprint density at radius 1 is 1.05 bits per heavy atom. The summed E-state index contributed by atoms with van der Waals surface area (Å²) in [4.78, 5) is 19.3. The van der Waals surface area contributed by atoms with Crippen molar-refractivity contribution >= 4 is 22.6 Å². The van der Waals surface area contributed by atoms with Crippen molar-refractivity contribution in [1.82, 2.24) is 4.98 Å². The van der Waals surface area contributed by atoms with E-state index in [9.17, 15) is 4.79 Å². The molecule has 1 heterocycles. The molecular formula is C17H16N4O. The third-order valence-corrected chi connectivity index (χ3v) is 3.52. The summed E-state index contributed by atoms with van der Waals surface area (Å²) in [5.74, 6) is -0.299. The Bertz CT molecular complexity index is 836. The number of nitrogens with zero attached hydrogens (tertiary/aromatic N) is 1. The van der Waals surface area contributed by atoms with Crippen molar-refractivity contribution in [2.24, 2.45) is 16.5 Å². The first-order chi connectivity index (χ1) is 10.7. The molecule has 0 fully saturated rings. The van der Waals surface area contributed by atoms with Gasteiger partial charge in [0.05, 0.1) is 0 Å². The molecule has 0 radical (unpaired) electrons. The van der Waals surface area contributed by atoms with Crippen LogP contribution in [0.3, 0.4) is 0 Å². The maximum Gasteiger partial charge on any atom is 0.269 e. The average Bonchev–Trinajstić information content (AvgIpc) is 2.99. The molecule has 0 bridgehead atoms. The minimum Gasteiger partial charge on any atom is -0.383 e. The number of benzene rings is 2. The van der Waals surface area contributed by atoms with Gasteiger partial charge in [0.15, 0.2) is 0 Å². The molecule has 0 saturated heterocycles.